The highest BCUT2D eigenvalue weighted by atomic mass is 35.5. The van der Waals surface area contributed by atoms with Crippen molar-refractivity contribution in [2.75, 3.05) is 0 Å². The number of carboxylic acid groups (broad SMARTS) is 1. The van der Waals surface area contributed by atoms with E-state index in [0.29, 0.717) is 17.0 Å². The first-order valence-corrected chi connectivity index (χ1v) is 8.92. The molecule has 0 amide bonds. The molecule has 6 heteroatoms. The zero-order chi connectivity index (χ0) is 19.1. The van der Waals surface area contributed by atoms with Gasteiger partial charge in [0.2, 0.25) is 0 Å². The van der Waals surface area contributed by atoms with Crippen molar-refractivity contribution in [3.8, 4) is 5.69 Å². The molecule has 0 saturated carbocycles. The lowest BCUT2D eigenvalue weighted by Crippen LogP contribution is -1.99. The number of benzene rings is 2. The molecule has 2 aromatic carbocycles. The van der Waals surface area contributed by atoms with Gasteiger partial charge in [0, 0.05) is 29.3 Å². The predicted octanol–water partition coefficient (Wildman–Crippen LogP) is 4.61. The largest absolute Gasteiger partial charge is 0.478 e. The van der Waals surface area contributed by atoms with Gasteiger partial charge in [0.1, 0.15) is 0 Å². The summed E-state index contributed by atoms with van der Waals surface area (Å²) in [5, 5.41) is 15.3. The lowest BCUT2D eigenvalue weighted by molar-refractivity contribution is 0.0696. The van der Waals surface area contributed by atoms with Gasteiger partial charge >= 0.3 is 5.97 Å². The van der Waals surface area contributed by atoms with Crippen LogP contribution in [0.3, 0.4) is 0 Å². The van der Waals surface area contributed by atoms with Crippen LogP contribution in [-0.2, 0) is 13.5 Å². The van der Waals surface area contributed by atoms with Crippen LogP contribution in [0.15, 0.2) is 54.9 Å². The number of carboxylic acids is 1. The van der Waals surface area contributed by atoms with Crippen LogP contribution in [0, 0.1) is 6.92 Å². The molecule has 5 nitrogen and oxygen atoms in total. The molecule has 4 aromatic rings. The molecule has 2 aromatic heterocycles. The Hall–Kier alpha value is -3.05. The van der Waals surface area contributed by atoms with Crippen molar-refractivity contribution in [3.05, 3.63) is 82.3 Å². The molecular weight excluding hydrogens is 362 g/mol. The van der Waals surface area contributed by atoms with Crippen molar-refractivity contribution in [1.29, 1.82) is 0 Å². The third kappa shape index (κ3) is 3.11. The fraction of sp³-hybridized carbons (Fsp3) is 0.143. The molecule has 0 bridgehead atoms. The van der Waals surface area contributed by atoms with Gasteiger partial charge in [-0.25, -0.2) is 4.79 Å². The number of aromatic carboxylic acids is 1. The van der Waals surface area contributed by atoms with E-state index in [9.17, 15) is 9.90 Å². The molecule has 27 heavy (non-hydrogen) atoms. The maximum atomic E-state index is 11.3. The summed E-state index contributed by atoms with van der Waals surface area (Å²) in [6, 6.07) is 12.9. The fourth-order valence-corrected chi connectivity index (χ4v) is 3.72. The van der Waals surface area contributed by atoms with Gasteiger partial charge in [-0.15, -0.1) is 0 Å². The van der Waals surface area contributed by atoms with Crippen LogP contribution in [0.4, 0.5) is 0 Å². The molecule has 4 rings (SSSR count). The van der Waals surface area contributed by atoms with Gasteiger partial charge in [0.25, 0.3) is 0 Å². The van der Waals surface area contributed by atoms with Crippen LogP contribution >= 0.6 is 11.6 Å². The number of hydrogen-bond acceptors (Lipinski definition) is 2. The van der Waals surface area contributed by atoms with E-state index >= 15 is 0 Å². The molecule has 1 N–H and O–H groups in total. The molecule has 0 atom stereocenters. The van der Waals surface area contributed by atoms with E-state index in [1.54, 1.807) is 22.9 Å². The standard InChI is InChI=1S/C21H18ClN3O2/c1-13-19(9-14-4-3-5-15(8-14)21(26)27)18-7-6-16(22)10-20(18)25(13)17-11-23-24(2)12-17/h3-8,10-12H,9H2,1-2H3,(H,26,27). The number of halogens is 1. The van der Waals surface area contributed by atoms with Crippen molar-refractivity contribution in [1.82, 2.24) is 14.3 Å². The molecule has 2 heterocycles. The van der Waals surface area contributed by atoms with E-state index in [2.05, 4.69) is 16.6 Å². The minimum atomic E-state index is -0.918. The average molecular weight is 380 g/mol. The van der Waals surface area contributed by atoms with Crippen LogP contribution in [0.5, 0.6) is 0 Å². The highest BCUT2D eigenvalue weighted by molar-refractivity contribution is 6.31. The van der Waals surface area contributed by atoms with Gasteiger partial charge in [-0.3, -0.25) is 4.68 Å². The summed E-state index contributed by atoms with van der Waals surface area (Å²) >= 11 is 6.26. The summed E-state index contributed by atoms with van der Waals surface area (Å²) in [6.07, 6.45) is 4.42. The van der Waals surface area contributed by atoms with E-state index in [4.69, 9.17) is 11.6 Å². The summed E-state index contributed by atoms with van der Waals surface area (Å²) in [4.78, 5) is 11.3. The Morgan fingerprint density at radius 1 is 1.22 bits per heavy atom. The van der Waals surface area contributed by atoms with E-state index in [-0.39, 0.29) is 0 Å². The number of carbonyl (C=O) groups is 1. The van der Waals surface area contributed by atoms with Crippen molar-refractivity contribution >= 4 is 28.5 Å². The predicted molar refractivity (Wildman–Crippen MR) is 106 cm³/mol. The minimum absolute atomic E-state index is 0.296. The fourth-order valence-electron chi connectivity index (χ4n) is 3.55. The number of fused-ring (bicyclic) bond motifs is 1. The molecule has 0 aliphatic rings. The number of aryl methyl sites for hydroxylation is 1. The molecule has 0 unspecified atom stereocenters. The quantitative estimate of drug-likeness (QED) is 0.563. The Bertz CT molecular complexity index is 1170. The van der Waals surface area contributed by atoms with Crippen LogP contribution in [0.1, 0.15) is 27.2 Å². The van der Waals surface area contributed by atoms with Crippen molar-refractivity contribution in [3.63, 3.8) is 0 Å². The molecule has 0 spiro atoms. The minimum Gasteiger partial charge on any atom is -0.478 e. The average Bonchev–Trinajstić information content (AvgIpc) is 3.16. The van der Waals surface area contributed by atoms with Crippen LogP contribution < -0.4 is 0 Å². The molecule has 0 saturated heterocycles. The molecule has 0 aliphatic carbocycles. The van der Waals surface area contributed by atoms with Gasteiger partial charge in [0.15, 0.2) is 0 Å². The smallest absolute Gasteiger partial charge is 0.335 e. The molecule has 0 fully saturated rings. The van der Waals surface area contributed by atoms with E-state index in [1.807, 2.05) is 43.7 Å². The van der Waals surface area contributed by atoms with Crippen molar-refractivity contribution in [2.45, 2.75) is 13.3 Å². The second kappa shape index (κ2) is 6.59. The summed E-state index contributed by atoms with van der Waals surface area (Å²) in [5.41, 5.74) is 5.46. The van der Waals surface area contributed by atoms with Crippen LogP contribution in [0.2, 0.25) is 5.02 Å². The topological polar surface area (TPSA) is 60.0 Å². The van der Waals surface area contributed by atoms with E-state index < -0.39 is 5.97 Å². The highest BCUT2D eigenvalue weighted by Gasteiger charge is 2.17. The normalized spacial score (nSPS) is 11.2. The maximum absolute atomic E-state index is 11.3. The number of rotatable bonds is 4. The first-order valence-electron chi connectivity index (χ1n) is 8.55. The highest BCUT2D eigenvalue weighted by Crippen LogP contribution is 2.32. The van der Waals surface area contributed by atoms with Gasteiger partial charge < -0.3 is 9.67 Å². The first-order chi connectivity index (χ1) is 12.9. The molecule has 136 valence electrons. The molecular formula is C21H18ClN3O2. The Morgan fingerprint density at radius 2 is 2.04 bits per heavy atom. The summed E-state index contributed by atoms with van der Waals surface area (Å²) in [6.45, 7) is 2.07. The lowest BCUT2D eigenvalue weighted by atomic mass is 10.0. The second-order valence-electron chi connectivity index (χ2n) is 6.62. The second-order valence-corrected chi connectivity index (χ2v) is 7.05. The number of aromatic nitrogens is 3. The molecule has 0 radical (unpaired) electrons. The summed E-state index contributed by atoms with van der Waals surface area (Å²) in [7, 11) is 1.88. The van der Waals surface area contributed by atoms with Crippen molar-refractivity contribution in [2.24, 2.45) is 7.05 Å². The Balaban J connectivity index is 1.90. The number of nitrogens with zero attached hydrogens (tertiary/aromatic N) is 3. The Morgan fingerprint density at radius 3 is 2.74 bits per heavy atom. The SMILES string of the molecule is Cc1c(Cc2cccc(C(=O)O)c2)c2ccc(Cl)cc2n1-c1cnn(C)c1. The third-order valence-corrected chi connectivity index (χ3v) is 5.04. The van der Waals surface area contributed by atoms with Crippen LogP contribution in [0.25, 0.3) is 16.6 Å². The van der Waals surface area contributed by atoms with Gasteiger partial charge in [-0.2, -0.15) is 5.10 Å². The van der Waals surface area contributed by atoms with E-state index in [1.165, 1.54) is 0 Å². The van der Waals surface area contributed by atoms with Gasteiger partial charge in [-0.1, -0.05) is 29.8 Å². The lowest BCUT2D eigenvalue weighted by Gasteiger charge is -2.07. The summed E-state index contributed by atoms with van der Waals surface area (Å²) in [5.74, 6) is -0.918. The first kappa shape index (κ1) is 17.4. The summed E-state index contributed by atoms with van der Waals surface area (Å²) < 4.78 is 3.91. The van der Waals surface area contributed by atoms with Crippen LogP contribution in [-0.4, -0.2) is 25.4 Å². The Labute approximate surface area is 161 Å². The zero-order valence-corrected chi connectivity index (χ0v) is 15.7. The maximum Gasteiger partial charge on any atom is 0.335 e. The zero-order valence-electron chi connectivity index (χ0n) is 15.0. The Kier molecular flexibility index (Phi) is 4.24. The van der Waals surface area contributed by atoms with E-state index in [0.717, 1.165) is 33.4 Å². The van der Waals surface area contributed by atoms with Gasteiger partial charge in [-0.05, 0) is 48.7 Å². The van der Waals surface area contributed by atoms with Gasteiger partial charge in [0.05, 0.1) is 23.0 Å². The molecule has 0 aliphatic heterocycles. The third-order valence-electron chi connectivity index (χ3n) is 4.80. The van der Waals surface area contributed by atoms with Crippen molar-refractivity contribution < 1.29 is 9.90 Å². The monoisotopic (exact) mass is 379 g/mol. The number of hydrogen-bond donors (Lipinski definition) is 1.